The zero-order chi connectivity index (χ0) is 7.44. The lowest BCUT2D eigenvalue weighted by molar-refractivity contribution is -0.134. The molecule has 5 heteroatoms. The highest BCUT2D eigenvalue weighted by Crippen LogP contribution is 2.03. The maximum Gasteiger partial charge on any atom is 0.342 e. The molecule has 2 N–H and O–H groups in total. The molecule has 0 aromatic heterocycles. The van der Waals surface area contributed by atoms with Crippen LogP contribution in [0.1, 0.15) is 0 Å². The number of carboxylic acid groups (broad SMARTS) is 2. The van der Waals surface area contributed by atoms with Gasteiger partial charge in [0.2, 0.25) is 0 Å². The van der Waals surface area contributed by atoms with Crippen molar-refractivity contribution in [1.29, 1.82) is 0 Å². The molecule has 0 bridgehead atoms. The molecule has 0 atom stereocenters. The molecule has 0 saturated carbocycles. The Kier molecular flexibility index (Phi) is 3.21. The lowest BCUT2D eigenvalue weighted by Gasteiger charge is -1.84. The highest BCUT2D eigenvalue weighted by atomic mass is 127. The van der Waals surface area contributed by atoms with Crippen molar-refractivity contribution < 1.29 is 19.8 Å². The minimum atomic E-state index is -1.25. The van der Waals surface area contributed by atoms with Gasteiger partial charge in [0.25, 0.3) is 0 Å². The summed E-state index contributed by atoms with van der Waals surface area (Å²) in [6.07, 6.45) is 0.628. The Morgan fingerprint density at radius 2 is 1.78 bits per heavy atom. The SMILES string of the molecule is O=C(O)/C=C(\I)C(=O)O. The van der Waals surface area contributed by atoms with E-state index in [1.807, 2.05) is 0 Å². The number of carboxylic acids is 2. The third kappa shape index (κ3) is 3.95. The van der Waals surface area contributed by atoms with Crippen molar-refractivity contribution in [3.8, 4) is 0 Å². The van der Waals surface area contributed by atoms with Crippen molar-refractivity contribution >= 4 is 34.5 Å². The monoisotopic (exact) mass is 242 g/mol. The van der Waals surface area contributed by atoms with E-state index in [2.05, 4.69) is 0 Å². The van der Waals surface area contributed by atoms with Crippen LogP contribution in [-0.4, -0.2) is 22.2 Å². The molecule has 0 fully saturated rings. The van der Waals surface area contributed by atoms with Crippen molar-refractivity contribution in [2.45, 2.75) is 0 Å². The number of hydrogen-bond donors (Lipinski definition) is 2. The van der Waals surface area contributed by atoms with Crippen LogP contribution < -0.4 is 0 Å². The molecule has 0 unspecified atom stereocenters. The lowest BCUT2D eigenvalue weighted by atomic mass is 10.5. The molecule has 0 aromatic carbocycles. The molecule has 4 nitrogen and oxygen atoms in total. The van der Waals surface area contributed by atoms with Crippen LogP contribution in [0.5, 0.6) is 0 Å². The van der Waals surface area contributed by atoms with E-state index in [0.717, 1.165) is 0 Å². The van der Waals surface area contributed by atoms with Gasteiger partial charge < -0.3 is 10.2 Å². The Balaban J connectivity index is 4.17. The van der Waals surface area contributed by atoms with Crippen molar-refractivity contribution in [2.75, 3.05) is 0 Å². The normalized spacial score (nSPS) is 11.0. The molecule has 0 saturated heterocycles. The van der Waals surface area contributed by atoms with Crippen molar-refractivity contribution in [1.82, 2.24) is 0 Å². The van der Waals surface area contributed by atoms with E-state index < -0.39 is 11.9 Å². The summed E-state index contributed by atoms with van der Waals surface area (Å²) < 4.78 is -0.208. The van der Waals surface area contributed by atoms with Crippen LogP contribution in [0, 0.1) is 0 Å². The first kappa shape index (κ1) is 8.41. The van der Waals surface area contributed by atoms with E-state index >= 15 is 0 Å². The van der Waals surface area contributed by atoms with Crippen LogP contribution in [-0.2, 0) is 9.59 Å². The second kappa shape index (κ2) is 3.44. The van der Waals surface area contributed by atoms with Crippen LogP contribution in [0.3, 0.4) is 0 Å². The number of aliphatic carboxylic acids is 2. The molecular formula is C4H3IO4. The molecule has 0 spiro atoms. The molecule has 0 amide bonds. The molecule has 50 valence electrons. The average molecular weight is 242 g/mol. The minimum absolute atomic E-state index is 0.208. The fourth-order valence-electron chi connectivity index (χ4n) is 0.170. The smallest absolute Gasteiger partial charge is 0.342 e. The van der Waals surface area contributed by atoms with Crippen molar-refractivity contribution in [2.24, 2.45) is 0 Å². The van der Waals surface area contributed by atoms with Gasteiger partial charge in [0.15, 0.2) is 0 Å². The Labute approximate surface area is 64.3 Å². The molecule has 0 radical (unpaired) electrons. The largest absolute Gasteiger partial charge is 0.478 e. The zero-order valence-corrected chi connectivity index (χ0v) is 6.32. The van der Waals surface area contributed by atoms with Gasteiger partial charge in [-0.25, -0.2) is 9.59 Å². The fraction of sp³-hybridized carbons (Fsp3) is 0. The molecule has 0 rings (SSSR count). The summed E-state index contributed by atoms with van der Waals surface area (Å²) in [5.41, 5.74) is 0. The third-order valence-electron chi connectivity index (χ3n) is 0.455. The molecule has 0 aliphatic heterocycles. The Bertz CT molecular complexity index is 171. The number of hydrogen-bond acceptors (Lipinski definition) is 2. The predicted molar refractivity (Wildman–Crippen MR) is 37.4 cm³/mol. The summed E-state index contributed by atoms with van der Waals surface area (Å²) in [7, 11) is 0. The molecule has 0 aliphatic rings. The maximum atomic E-state index is 9.90. The maximum absolute atomic E-state index is 9.90. The highest BCUT2D eigenvalue weighted by molar-refractivity contribution is 14.1. The van der Waals surface area contributed by atoms with Gasteiger partial charge in [-0.1, -0.05) is 0 Å². The van der Waals surface area contributed by atoms with E-state index in [1.165, 1.54) is 22.6 Å². The van der Waals surface area contributed by atoms with E-state index in [-0.39, 0.29) is 3.58 Å². The van der Waals surface area contributed by atoms with Crippen molar-refractivity contribution in [3.63, 3.8) is 0 Å². The number of halogens is 1. The van der Waals surface area contributed by atoms with Gasteiger partial charge in [0, 0.05) is 6.08 Å². The van der Waals surface area contributed by atoms with Gasteiger partial charge in [-0.15, -0.1) is 0 Å². The second-order valence-electron chi connectivity index (χ2n) is 1.14. The first-order chi connectivity index (χ1) is 4.04. The average Bonchev–Trinajstić information content (AvgIpc) is 1.63. The fourth-order valence-corrected chi connectivity index (χ4v) is 0.437. The summed E-state index contributed by atoms with van der Waals surface area (Å²) in [6, 6.07) is 0. The summed E-state index contributed by atoms with van der Waals surface area (Å²) in [4.78, 5) is 19.7. The van der Waals surface area contributed by atoms with Gasteiger partial charge in [-0.3, -0.25) is 0 Å². The van der Waals surface area contributed by atoms with Crippen LogP contribution in [0.2, 0.25) is 0 Å². The predicted octanol–water partition coefficient (Wildman–Crippen LogP) is 0.475. The Morgan fingerprint density at radius 3 is 1.89 bits per heavy atom. The second-order valence-corrected chi connectivity index (χ2v) is 2.30. The van der Waals surface area contributed by atoms with E-state index in [4.69, 9.17) is 10.2 Å². The van der Waals surface area contributed by atoms with Crippen molar-refractivity contribution in [3.05, 3.63) is 9.66 Å². The van der Waals surface area contributed by atoms with Gasteiger partial charge in [0.1, 0.15) is 3.58 Å². The van der Waals surface area contributed by atoms with E-state index in [9.17, 15) is 9.59 Å². The van der Waals surface area contributed by atoms with Gasteiger partial charge in [-0.2, -0.15) is 0 Å². The molecule has 0 aromatic rings. The van der Waals surface area contributed by atoms with Crippen LogP contribution >= 0.6 is 22.6 Å². The highest BCUT2D eigenvalue weighted by Gasteiger charge is 2.02. The summed E-state index contributed by atoms with van der Waals surface area (Å²) in [5.74, 6) is -2.47. The Morgan fingerprint density at radius 1 is 1.33 bits per heavy atom. The quantitative estimate of drug-likeness (QED) is 0.545. The lowest BCUT2D eigenvalue weighted by Crippen LogP contribution is -1.97. The minimum Gasteiger partial charge on any atom is -0.478 e. The summed E-state index contributed by atoms with van der Waals surface area (Å²) in [5, 5.41) is 16.1. The number of carbonyl (C=O) groups is 2. The number of rotatable bonds is 2. The molecule has 0 heterocycles. The van der Waals surface area contributed by atoms with Gasteiger partial charge in [0.05, 0.1) is 0 Å². The summed E-state index contributed by atoms with van der Waals surface area (Å²) >= 11 is 1.43. The van der Waals surface area contributed by atoms with Gasteiger partial charge in [-0.05, 0) is 22.6 Å². The van der Waals surface area contributed by atoms with E-state index in [1.54, 1.807) is 0 Å². The zero-order valence-electron chi connectivity index (χ0n) is 4.17. The first-order valence-electron chi connectivity index (χ1n) is 1.87. The Hall–Kier alpha value is -0.590. The molecule has 9 heavy (non-hydrogen) atoms. The molecule has 0 aliphatic carbocycles. The first-order valence-corrected chi connectivity index (χ1v) is 2.95. The standard InChI is InChI=1S/C4H3IO4/c5-2(4(8)9)1-3(6)7/h1H,(H,6,7)(H,8,9)/b2-1-. The van der Waals surface area contributed by atoms with Crippen LogP contribution in [0.4, 0.5) is 0 Å². The molecular weight excluding hydrogens is 239 g/mol. The van der Waals surface area contributed by atoms with E-state index in [0.29, 0.717) is 6.08 Å². The van der Waals surface area contributed by atoms with Crippen LogP contribution in [0.15, 0.2) is 9.66 Å². The van der Waals surface area contributed by atoms with Crippen LogP contribution in [0.25, 0.3) is 0 Å². The van der Waals surface area contributed by atoms with Gasteiger partial charge >= 0.3 is 11.9 Å². The third-order valence-corrected chi connectivity index (χ3v) is 1.23. The summed E-state index contributed by atoms with van der Waals surface area (Å²) in [6.45, 7) is 0. The topological polar surface area (TPSA) is 74.6 Å².